The molecule has 3 aliphatic heterocycles. The Bertz CT molecular complexity index is 1360. The first-order valence-corrected chi connectivity index (χ1v) is 13.0. The van der Waals surface area contributed by atoms with E-state index in [4.69, 9.17) is 14.2 Å². The summed E-state index contributed by atoms with van der Waals surface area (Å²) in [5, 5.41) is 9.38. The molecule has 0 aliphatic carbocycles. The summed E-state index contributed by atoms with van der Waals surface area (Å²) in [6.07, 6.45) is 2.57. The van der Waals surface area contributed by atoms with Gasteiger partial charge in [-0.3, -0.25) is 9.69 Å². The molecule has 2 fully saturated rings. The van der Waals surface area contributed by atoms with Crippen LogP contribution in [0.2, 0.25) is 0 Å². The van der Waals surface area contributed by atoms with Crippen LogP contribution in [0.25, 0.3) is 11.3 Å². The largest absolute Gasteiger partial charge is 0.480 e. The van der Waals surface area contributed by atoms with Crippen LogP contribution in [0.5, 0.6) is 11.6 Å². The van der Waals surface area contributed by atoms with E-state index >= 15 is 0 Å². The van der Waals surface area contributed by atoms with Crippen LogP contribution >= 0.6 is 0 Å². The third kappa shape index (κ3) is 5.91. The fourth-order valence-corrected chi connectivity index (χ4v) is 4.76. The minimum atomic E-state index is -0.458. The Labute approximate surface area is 225 Å². The molecule has 1 aromatic carbocycles. The number of nitrogens with zero attached hydrogens (tertiary/aromatic N) is 4. The highest BCUT2D eigenvalue weighted by Gasteiger charge is 2.33. The molecule has 2 saturated heterocycles. The van der Waals surface area contributed by atoms with E-state index in [0.717, 1.165) is 36.3 Å². The first kappa shape index (κ1) is 25.0. The van der Waals surface area contributed by atoms with Gasteiger partial charge in [0, 0.05) is 24.7 Å². The molecule has 2 amide bonds. The molecule has 2 atom stereocenters. The zero-order valence-electron chi connectivity index (χ0n) is 21.3. The smallest absolute Gasteiger partial charge is 0.415 e. The first-order chi connectivity index (χ1) is 19.1. The van der Waals surface area contributed by atoms with E-state index in [-0.39, 0.29) is 24.7 Å². The maximum atomic E-state index is 12.5. The maximum absolute atomic E-state index is 12.5. The Kier molecular flexibility index (Phi) is 7.19. The standard InChI is InChI=1S/C27H29N7O5/c35-24-15-37-22-4-5-23(32-26(22)33-24)34-14-20(39-27(34)36)7-9-28-12-17-2-1-3-18(10-17)21-11-25(31-16-30-21)38-19-6-8-29-13-19/h1-5,10-11,16,19-20,28-29H,6-9,12-15H2,(H,32,33,35). The van der Waals surface area contributed by atoms with Crippen molar-refractivity contribution < 1.29 is 23.8 Å². The third-order valence-electron chi connectivity index (χ3n) is 6.75. The van der Waals surface area contributed by atoms with Crippen LogP contribution in [0, 0.1) is 0 Å². The lowest BCUT2D eigenvalue weighted by molar-refractivity contribution is -0.118. The summed E-state index contributed by atoms with van der Waals surface area (Å²) in [5.41, 5.74) is 2.92. The molecule has 202 valence electrons. The number of carbonyl (C=O) groups excluding carboxylic acids is 2. The van der Waals surface area contributed by atoms with E-state index in [0.29, 0.717) is 49.3 Å². The topological polar surface area (TPSA) is 140 Å². The molecule has 6 rings (SSSR count). The molecule has 0 bridgehead atoms. The van der Waals surface area contributed by atoms with Gasteiger partial charge in [0.15, 0.2) is 18.2 Å². The SMILES string of the molecule is O=C1COc2ccc(N3CC(CCNCc4cccc(-c5cc(OC6CCNC6)ncn5)c4)OC3=O)nc2N1. The average Bonchev–Trinajstić information content (AvgIpc) is 3.60. The predicted molar refractivity (Wildman–Crippen MR) is 142 cm³/mol. The van der Waals surface area contributed by atoms with Gasteiger partial charge in [0.05, 0.1) is 12.2 Å². The highest BCUT2D eigenvalue weighted by Crippen LogP contribution is 2.30. The van der Waals surface area contributed by atoms with Gasteiger partial charge in [0.1, 0.15) is 24.4 Å². The monoisotopic (exact) mass is 531 g/mol. The van der Waals surface area contributed by atoms with E-state index < -0.39 is 6.09 Å². The lowest BCUT2D eigenvalue weighted by Crippen LogP contribution is -2.29. The number of nitrogens with one attached hydrogen (secondary N) is 3. The molecule has 12 heteroatoms. The molecule has 3 aromatic rings. The summed E-state index contributed by atoms with van der Waals surface area (Å²) in [6, 6.07) is 13.4. The van der Waals surface area contributed by atoms with Gasteiger partial charge in [-0.25, -0.2) is 19.7 Å². The van der Waals surface area contributed by atoms with E-state index in [2.05, 4.69) is 43.0 Å². The van der Waals surface area contributed by atoms with Gasteiger partial charge in [0.25, 0.3) is 5.91 Å². The molecule has 5 heterocycles. The summed E-state index contributed by atoms with van der Waals surface area (Å²) >= 11 is 0. The molecular weight excluding hydrogens is 502 g/mol. The van der Waals surface area contributed by atoms with Gasteiger partial charge in [-0.2, -0.15) is 0 Å². The molecule has 0 saturated carbocycles. The molecule has 2 unspecified atom stereocenters. The molecule has 0 radical (unpaired) electrons. The van der Waals surface area contributed by atoms with E-state index in [1.807, 2.05) is 18.2 Å². The second-order valence-electron chi connectivity index (χ2n) is 9.61. The summed E-state index contributed by atoms with van der Waals surface area (Å²) in [6.45, 7) is 3.45. The first-order valence-electron chi connectivity index (χ1n) is 13.0. The minimum absolute atomic E-state index is 0.0475. The fraction of sp³-hybridized carbons (Fsp3) is 0.370. The number of cyclic esters (lactones) is 1. The average molecular weight is 532 g/mol. The number of hydrogen-bond acceptors (Lipinski definition) is 10. The van der Waals surface area contributed by atoms with Crippen LogP contribution in [0.15, 0.2) is 48.8 Å². The summed E-state index contributed by atoms with van der Waals surface area (Å²) in [7, 11) is 0. The highest BCUT2D eigenvalue weighted by atomic mass is 16.6. The Balaban J connectivity index is 1.000. The van der Waals surface area contributed by atoms with Crippen LogP contribution in [-0.4, -0.2) is 71.9 Å². The number of carbonyl (C=O) groups is 2. The molecule has 3 N–H and O–H groups in total. The number of hydrogen-bond donors (Lipinski definition) is 3. The molecule has 39 heavy (non-hydrogen) atoms. The predicted octanol–water partition coefficient (Wildman–Crippen LogP) is 2.12. The van der Waals surface area contributed by atoms with Crippen molar-refractivity contribution in [3.8, 4) is 22.9 Å². The van der Waals surface area contributed by atoms with Crippen molar-refractivity contribution in [3.63, 3.8) is 0 Å². The van der Waals surface area contributed by atoms with Crippen molar-refractivity contribution in [1.82, 2.24) is 25.6 Å². The molecular formula is C27H29N7O5. The normalized spacial score (nSPS) is 20.3. The number of fused-ring (bicyclic) bond motifs is 1. The van der Waals surface area contributed by atoms with Crippen molar-refractivity contribution in [1.29, 1.82) is 0 Å². The van der Waals surface area contributed by atoms with Crippen molar-refractivity contribution >= 4 is 23.6 Å². The number of ether oxygens (including phenoxy) is 3. The Hall–Kier alpha value is -4.29. The fourth-order valence-electron chi connectivity index (χ4n) is 4.76. The van der Waals surface area contributed by atoms with Crippen LogP contribution in [0.4, 0.5) is 16.4 Å². The van der Waals surface area contributed by atoms with Crippen LogP contribution in [0.3, 0.4) is 0 Å². The van der Waals surface area contributed by atoms with Crippen LogP contribution in [-0.2, 0) is 16.1 Å². The van der Waals surface area contributed by atoms with E-state index in [9.17, 15) is 9.59 Å². The van der Waals surface area contributed by atoms with Crippen LogP contribution in [0.1, 0.15) is 18.4 Å². The third-order valence-corrected chi connectivity index (χ3v) is 6.75. The number of anilines is 2. The Morgan fingerprint density at radius 2 is 2.10 bits per heavy atom. The molecule has 12 nitrogen and oxygen atoms in total. The van der Waals surface area contributed by atoms with Crippen molar-refractivity contribution in [2.24, 2.45) is 0 Å². The minimum Gasteiger partial charge on any atom is -0.480 e. The van der Waals surface area contributed by atoms with Crippen molar-refractivity contribution in [3.05, 3.63) is 54.4 Å². The molecule has 2 aromatic heterocycles. The summed E-state index contributed by atoms with van der Waals surface area (Å²) < 4.78 is 16.9. The maximum Gasteiger partial charge on any atom is 0.415 e. The van der Waals surface area contributed by atoms with Crippen molar-refractivity contribution in [2.45, 2.75) is 31.6 Å². The van der Waals surface area contributed by atoms with Crippen molar-refractivity contribution in [2.75, 3.05) is 43.0 Å². The van der Waals surface area contributed by atoms with Gasteiger partial charge in [0.2, 0.25) is 5.88 Å². The zero-order valence-corrected chi connectivity index (χ0v) is 21.3. The van der Waals surface area contributed by atoms with Gasteiger partial charge in [-0.15, -0.1) is 0 Å². The zero-order chi connectivity index (χ0) is 26.6. The second-order valence-corrected chi connectivity index (χ2v) is 9.61. The number of aromatic nitrogens is 3. The summed E-state index contributed by atoms with van der Waals surface area (Å²) in [4.78, 5) is 38.6. The quantitative estimate of drug-likeness (QED) is 0.352. The van der Waals surface area contributed by atoms with Gasteiger partial charge < -0.3 is 30.2 Å². The van der Waals surface area contributed by atoms with E-state index in [1.165, 1.54) is 11.2 Å². The number of rotatable bonds is 9. The Morgan fingerprint density at radius 3 is 3.00 bits per heavy atom. The molecule has 3 aliphatic rings. The number of pyridine rings is 1. The van der Waals surface area contributed by atoms with Gasteiger partial charge in [-0.1, -0.05) is 18.2 Å². The Morgan fingerprint density at radius 1 is 1.15 bits per heavy atom. The number of amides is 2. The van der Waals surface area contributed by atoms with Gasteiger partial charge >= 0.3 is 6.09 Å². The second kappa shape index (κ2) is 11.2. The lowest BCUT2D eigenvalue weighted by atomic mass is 10.1. The molecule has 0 spiro atoms. The van der Waals surface area contributed by atoms with Crippen LogP contribution < -0.4 is 30.3 Å². The van der Waals surface area contributed by atoms with E-state index in [1.54, 1.807) is 12.1 Å². The van der Waals surface area contributed by atoms with Gasteiger partial charge in [-0.05, 0) is 49.7 Å². The highest BCUT2D eigenvalue weighted by molar-refractivity contribution is 5.95. The lowest BCUT2D eigenvalue weighted by Gasteiger charge is -2.19. The summed E-state index contributed by atoms with van der Waals surface area (Å²) in [5.74, 6) is 1.50. The number of benzene rings is 1.